The van der Waals surface area contributed by atoms with Gasteiger partial charge in [-0.05, 0) is 28.6 Å². The third-order valence-electron chi connectivity index (χ3n) is 3.36. The number of benzene rings is 1. The van der Waals surface area contributed by atoms with Crippen molar-refractivity contribution in [2.24, 2.45) is 14.1 Å². The van der Waals surface area contributed by atoms with Crippen molar-refractivity contribution in [1.82, 2.24) is 4.57 Å². The van der Waals surface area contributed by atoms with Gasteiger partial charge in [-0.2, -0.15) is 0 Å². The lowest BCUT2D eigenvalue weighted by Gasteiger charge is -1.94. The van der Waals surface area contributed by atoms with Crippen molar-refractivity contribution in [3.63, 3.8) is 0 Å². The highest BCUT2D eigenvalue weighted by Gasteiger charge is 2.07. The molecule has 0 fully saturated rings. The van der Waals surface area contributed by atoms with E-state index in [-0.39, 0.29) is 0 Å². The van der Waals surface area contributed by atoms with Crippen LogP contribution >= 0.6 is 11.3 Å². The van der Waals surface area contributed by atoms with Crippen LogP contribution in [0.15, 0.2) is 54.2 Å². The molecule has 20 heavy (non-hydrogen) atoms. The summed E-state index contributed by atoms with van der Waals surface area (Å²) in [6, 6.07) is 12.7. The highest BCUT2D eigenvalue weighted by molar-refractivity contribution is 7.11. The first kappa shape index (κ1) is 12.9. The molecule has 0 saturated heterocycles. The molecule has 2 nitrogen and oxygen atoms in total. The maximum absolute atomic E-state index is 2.24. The van der Waals surface area contributed by atoms with Gasteiger partial charge in [0.15, 0.2) is 0 Å². The fourth-order valence-electron chi connectivity index (χ4n) is 2.22. The van der Waals surface area contributed by atoms with Crippen LogP contribution in [0.2, 0.25) is 0 Å². The van der Waals surface area contributed by atoms with Crippen molar-refractivity contribution >= 4 is 23.5 Å². The van der Waals surface area contributed by atoms with E-state index in [2.05, 4.69) is 83.5 Å². The summed E-state index contributed by atoms with van der Waals surface area (Å²) in [4.78, 5) is 1.27. The Balaban J connectivity index is 1.85. The van der Waals surface area contributed by atoms with Crippen LogP contribution in [0.3, 0.4) is 0 Å². The molecular weight excluding hydrogens is 264 g/mol. The number of thiophene rings is 1. The van der Waals surface area contributed by atoms with Crippen molar-refractivity contribution in [2.75, 3.05) is 0 Å². The average Bonchev–Trinajstić information content (AvgIpc) is 3.06. The average molecular weight is 281 g/mol. The molecule has 3 heteroatoms. The van der Waals surface area contributed by atoms with E-state index in [9.17, 15) is 0 Å². The fourth-order valence-corrected chi connectivity index (χ4v) is 3.02. The molecule has 2 aromatic heterocycles. The molecule has 3 aromatic rings. The van der Waals surface area contributed by atoms with E-state index in [1.807, 2.05) is 6.07 Å². The maximum atomic E-state index is 2.24. The minimum Gasteiger partial charge on any atom is -0.233 e. The van der Waals surface area contributed by atoms with Gasteiger partial charge >= 0.3 is 0 Å². The molecule has 3 rings (SSSR count). The van der Waals surface area contributed by atoms with Gasteiger partial charge in [0.1, 0.15) is 12.4 Å². The van der Waals surface area contributed by atoms with Crippen molar-refractivity contribution < 1.29 is 4.57 Å². The van der Waals surface area contributed by atoms with E-state index < -0.39 is 0 Å². The zero-order valence-corrected chi connectivity index (χ0v) is 12.5. The third-order valence-corrected chi connectivity index (χ3v) is 4.26. The van der Waals surface area contributed by atoms with Crippen molar-refractivity contribution in [2.45, 2.75) is 0 Å². The monoisotopic (exact) mass is 281 g/mol. The molecule has 0 atom stereocenters. The molecule has 0 aliphatic carbocycles. The van der Waals surface area contributed by atoms with Crippen LogP contribution in [0.5, 0.6) is 0 Å². The van der Waals surface area contributed by atoms with Gasteiger partial charge in [0.25, 0.3) is 5.82 Å². The number of hydrogen-bond acceptors (Lipinski definition) is 1. The Morgan fingerprint density at radius 2 is 1.90 bits per heavy atom. The van der Waals surface area contributed by atoms with Crippen LogP contribution in [-0.2, 0) is 14.1 Å². The summed E-state index contributed by atoms with van der Waals surface area (Å²) in [5.41, 5.74) is 2.55. The number of imidazole rings is 1. The fraction of sp³-hybridized carbons (Fsp3) is 0.118. The van der Waals surface area contributed by atoms with E-state index >= 15 is 0 Å². The van der Waals surface area contributed by atoms with Gasteiger partial charge in [0, 0.05) is 11.0 Å². The lowest BCUT2D eigenvalue weighted by Crippen LogP contribution is -2.29. The molecular formula is C17H17N2S+. The maximum Gasteiger partial charge on any atom is 0.281 e. The molecule has 0 radical (unpaired) electrons. The Kier molecular flexibility index (Phi) is 3.52. The minimum absolute atomic E-state index is 1.18. The van der Waals surface area contributed by atoms with Crippen molar-refractivity contribution in [3.8, 4) is 11.1 Å². The largest absolute Gasteiger partial charge is 0.281 e. The molecule has 2 heterocycles. The molecule has 0 N–H and O–H groups in total. The molecule has 0 spiro atoms. The van der Waals surface area contributed by atoms with E-state index in [1.165, 1.54) is 21.8 Å². The lowest BCUT2D eigenvalue weighted by atomic mass is 10.1. The van der Waals surface area contributed by atoms with Gasteiger partial charge in [-0.1, -0.05) is 30.3 Å². The van der Waals surface area contributed by atoms with E-state index in [0.717, 1.165) is 0 Å². The van der Waals surface area contributed by atoms with Gasteiger partial charge in [0.2, 0.25) is 0 Å². The highest BCUT2D eigenvalue weighted by Crippen LogP contribution is 2.26. The number of aryl methyl sites for hydroxylation is 2. The smallest absolute Gasteiger partial charge is 0.233 e. The predicted molar refractivity (Wildman–Crippen MR) is 85.3 cm³/mol. The van der Waals surface area contributed by atoms with Crippen LogP contribution in [-0.4, -0.2) is 4.57 Å². The number of rotatable bonds is 3. The molecule has 0 unspecified atom stereocenters. The molecule has 100 valence electrons. The van der Waals surface area contributed by atoms with Gasteiger partial charge in [0.05, 0.1) is 14.1 Å². The molecule has 0 amide bonds. The third kappa shape index (κ3) is 2.58. The summed E-state index contributed by atoms with van der Waals surface area (Å²) in [6.07, 6.45) is 8.44. The molecule has 0 aliphatic rings. The summed E-state index contributed by atoms with van der Waals surface area (Å²) >= 11 is 1.77. The van der Waals surface area contributed by atoms with Gasteiger partial charge < -0.3 is 0 Å². The van der Waals surface area contributed by atoms with Crippen LogP contribution in [0.4, 0.5) is 0 Å². The van der Waals surface area contributed by atoms with Gasteiger partial charge in [-0.25, -0.2) is 9.13 Å². The summed E-state index contributed by atoms with van der Waals surface area (Å²) in [6.45, 7) is 0. The molecule has 0 bridgehead atoms. The zero-order valence-electron chi connectivity index (χ0n) is 11.7. The first-order valence-corrected chi connectivity index (χ1v) is 7.45. The van der Waals surface area contributed by atoms with Crippen molar-refractivity contribution in [1.29, 1.82) is 0 Å². The number of aromatic nitrogens is 2. The second-order valence-electron chi connectivity index (χ2n) is 4.82. The minimum atomic E-state index is 1.18. The van der Waals surface area contributed by atoms with Crippen LogP contribution < -0.4 is 4.57 Å². The van der Waals surface area contributed by atoms with E-state index in [0.29, 0.717) is 0 Å². The molecule has 0 saturated carbocycles. The standard InChI is InChI=1S/C17H17N2S/c1-18-10-11-19(2)17(18)9-8-16-12-15(13-20-16)14-6-4-3-5-7-14/h3-13H,1-2H3/q+1/b9-8+. The van der Waals surface area contributed by atoms with E-state index in [4.69, 9.17) is 0 Å². The summed E-state index contributed by atoms with van der Waals surface area (Å²) in [5.74, 6) is 1.18. The highest BCUT2D eigenvalue weighted by atomic mass is 32.1. The van der Waals surface area contributed by atoms with E-state index in [1.54, 1.807) is 11.3 Å². The normalized spacial score (nSPS) is 11.3. The number of nitrogens with zero attached hydrogens (tertiary/aromatic N) is 2. The Bertz CT molecular complexity index is 716. The Labute approximate surface area is 123 Å². The Morgan fingerprint density at radius 1 is 1.10 bits per heavy atom. The predicted octanol–water partition coefficient (Wildman–Crippen LogP) is 3.75. The Hall–Kier alpha value is -2.13. The molecule has 1 aromatic carbocycles. The second-order valence-corrected chi connectivity index (χ2v) is 5.76. The quantitative estimate of drug-likeness (QED) is 0.647. The molecule has 0 aliphatic heterocycles. The summed E-state index contributed by atoms with van der Waals surface area (Å²) in [5, 5.41) is 2.21. The zero-order chi connectivity index (χ0) is 13.9. The summed E-state index contributed by atoms with van der Waals surface area (Å²) in [7, 11) is 4.12. The topological polar surface area (TPSA) is 8.81 Å². The second kappa shape index (κ2) is 5.47. The van der Waals surface area contributed by atoms with Crippen LogP contribution in [0.25, 0.3) is 23.3 Å². The van der Waals surface area contributed by atoms with Gasteiger partial charge in [-0.15, -0.1) is 11.3 Å². The van der Waals surface area contributed by atoms with Crippen LogP contribution in [0, 0.1) is 0 Å². The van der Waals surface area contributed by atoms with Gasteiger partial charge in [-0.3, -0.25) is 0 Å². The van der Waals surface area contributed by atoms with Crippen LogP contribution in [0.1, 0.15) is 10.7 Å². The first-order chi connectivity index (χ1) is 9.74. The number of hydrogen-bond donors (Lipinski definition) is 0. The first-order valence-electron chi connectivity index (χ1n) is 6.57. The Morgan fingerprint density at radius 3 is 2.60 bits per heavy atom. The SMILES string of the molecule is Cn1cc[n+](C)c1/C=C/c1cc(-c2ccccc2)cs1. The lowest BCUT2D eigenvalue weighted by molar-refractivity contribution is -0.672. The van der Waals surface area contributed by atoms with Crippen molar-refractivity contribution in [3.05, 3.63) is 64.9 Å². The summed E-state index contributed by atoms with van der Waals surface area (Å²) < 4.78 is 4.23.